The highest BCUT2D eigenvalue weighted by molar-refractivity contribution is 9.10. The smallest absolute Gasteiger partial charge is 0.307 e. The van der Waals surface area contributed by atoms with Gasteiger partial charge in [0.25, 0.3) is 0 Å². The predicted octanol–water partition coefficient (Wildman–Crippen LogP) is 3.84. The summed E-state index contributed by atoms with van der Waals surface area (Å²) >= 11 is 3.42. The van der Waals surface area contributed by atoms with E-state index in [1.165, 1.54) is 0 Å². The van der Waals surface area contributed by atoms with Gasteiger partial charge in [-0.25, -0.2) is 0 Å². The highest BCUT2D eigenvalue weighted by Gasteiger charge is 2.35. The molecule has 2 N–H and O–H groups in total. The van der Waals surface area contributed by atoms with Gasteiger partial charge in [-0.1, -0.05) is 35.7 Å². The maximum atomic E-state index is 12.4. The summed E-state index contributed by atoms with van der Waals surface area (Å²) in [7, 11) is 0. The van der Waals surface area contributed by atoms with Crippen molar-refractivity contribution in [3.63, 3.8) is 0 Å². The molecule has 0 aliphatic heterocycles. The fraction of sp³-hybridized carbons (Fsp3) is 0.500. The normalized spacial score (nSPS) is 21.8. The van der Waals surface area contributed by atoms with E-state index in [1.807, 2.05) is 25.1 Å². The van der Waals surface area contributed by atoms with E-state index in [9.17, 15) is 14.7 Å². The Morgan fingerprint density at radius 1 is 1.29 bits per heavy atom. The van der Waals surface area contributed by atoms with Crippen LogP contribution in [-0.2, 0) is 16.0 Å². The molecular weight excluding hydrogens is 334 g/mol. The van der Waals surface area contributed by atoms with Crippen LogP contribution in [0.2, 0.25) is 0 Å². The van der Waals surface area contributed by atoms with Crippen LogP contribution in [0.4, 0.5) is 5.69 Å². The Morgan fingerprint density at radius 3 is 2.57 bits per heavy atom. The second kappa shape index (κ2) is 7.07. The lowest BCUT2D eigenvalue weighted by Crippen LogP contribution is -2.36. The Bertz CT molecular complexity index is 544. The van der Waals surface area contributed by atoms with Gasteiger partial charge in [0.1, 0.15) is 0 Å². The number of amides is 1. The van der Waals surface area contributed by atoms with E-state index in [4.69, 9.17) is 0 Å². The van der Waals surface area contributed by atoms with Crippen molar-refractivity contribution in [2.24, 2.45) is 11.8 Å². The van der Waals surface area contributed by atoms with Gasteiger partial charge in [-0.3, -0.25) is 9.59 Å². The molecule has 1 aromatic carbocycles. The first-order valence-electron chi connectivity index (χ1n) is 7.35. The molecule has 0 aromatic heterocycles. The Labute approximate surface area is 133 Å². The largest absolute Gasteiger partial charge is 0.481 e. The first kappa shape index (κ1) is 16.0. The van der Waals surface area contributed by atoms with Gasteiger partial charge in [0.15, 0.2) is 0 Å². The number of hydrogen-bond donors (Lipinski definition) is 2. The Morgan fingerprint density at radius 2 is 1.95 bits per heavy atom. The average Bonchev–Trinajstić information content (AvgIpc) is 2.48. The molecule has 1 aliphatic rings. The van der Waals surface area contributed by atoms with E-state index < -0.39 is 17.8 Å². The highest BCUT2D eigenvalue weighted by atomic mass is 79.9. The number of aryl methyl sites for hydroxylation is 1. The second-order valence-electron chi connectivity index (χ2n) is 5.48. The van der Waals surface area contributed by atoms with Crippen molar-refractivity contribution in [1.29, 1.82) is 0 Å². The quantitative estimate of drug-likeness (QED) is 0.863. The summed E-state index contributed by atoms with van der Waals surface area (Å²) in [5.74, 6) is -2.01. The van der Waals surface area contributed by atoms with Crippen molar-refractivity contribution in [1.82, 2.24) is 0 Å². The molecule has 114 valence electrons. The molecule has 1 saturated carbocycles. The average molecular weight is 354 g/mol. The molecule has 0 spiro atoms. The molecule has 1 aliphatic carbocycles. The number of halogens is 1. The number of carbonyl (C=O) groups is 2. The topological polar surface area (TPSA) is 66.4 Å². The molecule has 2 atom stereocenters. The SMILES string of the molecule is CCc1cc(Br)ccc1NC(=O)C1CCCCC1C(=O)O. The van der Waals surface area contributed by atoms with Gasteiger partial charge < -0.3 is 10.4 Å². The number of carboxylic acid groups (broad SMARTS) is 1. The minimum atomic E-state index is -0.860. The summed E-state index contributed by atoms with van der Waals surface area (Å²) in [5.41, 5.74) is 1.82. The first-order chi connectivity index (χ1) is 10.0. The van der Waals surface area contributed by atoms with Crippen LogP contribution in [0, 0.1) is 11.8 Å². The van der Waals surface area contributed by atoms with Crippen molar-refractivity contribution in [3.8, 4) is 0 Å². The number of rotatable bonds is 4. The van der Waals surface area contributed by atoms with E-state index in [0.29, 0.717) is 12.8 Å². The number of benzene rings is 1. The molecule has 0 radical (unpaired) electrons. The van der Waals surface area contributed by atoms with E-state index in [2.05, 4.69) is 21.2 Å². The zero-order valence-electron chi connectivity index (χ0n) is 12.1. The number of anilines is 1. The fourth-order valence-electron chi connectivity index (χ4n) is 2.94. The lowest BCUT2D eigenvalue weighted by atomic mass is 9.78. The van der Waals surface area contributed by atoms with E-state index in [1.54, 1.807) is 0 Å². The summed E-state index contributed by atoms with van der Waals surface area (Å²) in [6.07, 6.45) is 3.86. The van der Waals surface area contributed by atoms with Crippen LogP contribution in [-0.4, -0.2) is 17.0 Å². The number of hydrogen-bond acceptors (Lipinski definition) is 2. The van der Waals surface area contributed by atoms with Gasteiger partial charge in [-0.05, 0) is 43.0 Å². The Kier molecular flexibility index (Phi) is 5.39. The molecule has 2 rings (SSSR count). The summed E-state index contributed by atoms with van der Waals surface area (Å²) in [6.45, 7) is 2.03. The van der Waals surface area contributed by atoms with Crippen LogP contribution in [0.5, 0.6) is 0 Å². The van der Waals surface area contributed by atoms with Crippen LogP contribution in [0.15, 0.2) is 22.7 Å². The van der Waals surface area contributed by atoms with Crippen LogP contribution >= 0.6 is 15.9 Å². The Balaban J connectivity index is 2.15. The molecule has 0 bridgehead atoms. The van der Waals surface area contributed by atoms with Crippen LogP contribution in [0.1, 0.15) is 38.2 Å². The van der Waals surface area contributed by atoms with Crippen molar-refractivity contribution in [3.05, 3.63) is 28.2 Å². The van der Waals surface area contributed by atoms with E-state index >= 15 is 0 Å². The van der Waals surface area contributed by atoms with Crippen molar-refractivity contribution in [2.75, 3.05) is 5.32 Å². The summed E-state index contributed by atoms with van der Waals surface area (Å²) < 4.78 is 0.971. The second-order valence-corrected chi connectivity index (χ2v) is 6.40. The summed E-state index contributed by atoms with van der Waals surface area (Å²) in [6, 6.07) is 5.72. The van der Waals surface area contributed by atoms with Gasteiger partial charge in [-0.15, -0.1) is 0 Å². The standard InChI is InChI=1S/C16H20BrNO3/c1-2-10-9-11(17)7-8-14(10)18-15(19)12-5-3-4-6-13(12)16(20)21/h7-9,12-13H,2-6H2,1H3,(H,18,19)(H,20,21). The number of nitrogens with one attached hydrogen (secondary N) is 1. The third-order valence-corrected chi connectivity index (χ3v) is 4.62. The number of aliphatic carboxylic acids is 1. The molecule has 5 heteroatoms. The van der Waals surface area contributed by atoms with Crippen LogP contribution in [0.25, 0.3) is 0 Å². The molecule has 1 fully saturated rings. The molecule has 0 heterocycles. The minimum absolute atomic E-state index is 0.167. The highest BCUT2D eigenvalue weighted by Crippen LogP contribution is 2.32. The Hall–Kier alpha value is -1.36. The zero-order chi connectivity index (χ0) is 15.4. The molecule has 4 nitrogen and oxygen atoms in total. The molecule has 21 heavy (non-hydrogen) atoms. The molecule has 2 unspecified atom stereocenters. The number of carboxylic acids is 1. The fourth-order valence-corrected chi connectivity index (χ4v) is 3.35. The predicted molar refractivity (Wildman–Crippen MR) is 85.2 cm³/mol. The van der Waals surface area contributed by atoms with Gasteiger partial charge in [0.2, 0.25) is 5.91 Å². The van der Waals surface area contributed by atoms with E-state index in [-0.39, 0.29) is 5.91 Å². The first-order valence-corrected chi connectivity index (χ1v) is 8.14. The lowest BCUT2D eigenvalue weighted by molar-refractivity contribution is -0.147. The van der Waals surface area contributed by atoms with Gasteiger partial charge >= 0.3 is 5.97 Å². The molecule has 1 aromatic rings. The third-order valence-electron chi connectivity index (χ3n) is 4.13. The van der Waals surface area contributed by atoms with Gasteiger partial charge in [0, 0.05) is 10.2 Å². The van der Waals surface area contributed by atoms with Crippen LogP contribution < -0.4 is 5.32 Å². The molecule has 1 amide bonds. The zero-order valence-corrected chi connectivity index (χ0v) is 13.6. The summed E-state index contributed by atoms with van der Waals surface area (Å²) in [4.78, 5) is 23.8. The van der Waals surface area contributed by atoms with Gasteiger partial charge in [-0.2, -0.15) is 0 Å². The number of carbonyl (C=O) groups excluding carboxylic acids is 1. The monoisotopic (exact) mass is 353 g/mol. The third kappa shape index (κ3) is 3.84. The van der Waals surface area contributed by atoms with E-state index in [0.717, 1.165) is 35.0 Å². The molecule has 0 saturated heterocycles. The minimum Gasteiger partial charge on any atom is -0.481 e. The van der Waals surface area contributed by atoms with Crippen LogP contribution in [0.3, 0.4) is 0 Å². The summed E-state index contributed by atoms with van der Waals surface area (Å²) in [5, 5.41) is 12.2. The van der Waals surface area contributed by atoms with Crippen molar-refractivity contribution >= 4 is 33.5 Å². The molecular formula is C16H20BrNO3. The maximum Gasteiger partial charge on any atom is 0.307 e. The van der Waals surface area contributed by atoms with Gasteiger partial charge in [0.05, 0.1) is 11.8 Å². The maximum absolute atomic E-state index is 12.4. The van der Waals surface area contributed by atoms with Crippen molar-refractivity contribution in [2.45, 2.75) is 39.0 Å². The van der Waals surface area contributed by atoms with Crippen molar-refractivity contribution < 1.29 is 14.7 Å². The lowest BCUT2D eigenvalue weighted by Gasteiger charge is -2.27.